The van der Waals surface area contributed by atoms with Crippen molar-refractivity contribution in [1.82, 2.24) is 19.4 Å². The number of aromatic nitrogens is 3. The van der Waals surface area contributed by atoms with Crippen molar-refractivity contribution in [3.8, 4) is 11.5 Å². The van der Waals surface area contributed by atoms with Crippen LogP contribution < -0.4 is 0 Å². The molecule has 1 aliphatic heterocycles. The number of hydrogen-bond acceptors (Lipinski definition) is 6. The summed E-state index contributed by atoms with van der Waals surface area (Å²) in [6.45, 7) is 4.81. The Balaban J connectivity index is 1.39. The van der Waals surface area contributed by atoms with Crippen molar-refractivity contribution in [3.63, 3.8) is 0 Å². The van der Waals surface area contributed by atoms with Gasteiger partial charge in [-0.2, -0.15) is 0 Å². The molecule has 29 heavy (non-hydrogen) atoms. The van der Waals surface area contributed by atoms with E-state index < -0.39 is 9.84 Å². The van der Waals surface area contributed by atoms with Crippen LogP contribution in [0.3, 0.4) is 0 Å². The first kappa shape index (κ1) is 18.3. The highest BCUT2D eigenvalue weighted by atomic mass is 32.2. The number of hydrogen-bond donors (Lipinski definition) is 0. The van der Waals surface area contributed by atoms with Crippen LogP contribution in [0.5, 0.6) is 0 Å². The molecule has 0 aliphatic carbocycles. The average Bonchev–Trinajstić information content (AvgIpc) is 3.27. The molecule has 0 radical (unpaired) electrons. The third kappa shape index (κ3) is 3.54. The lowest BCUT2D eigenvalue weighted by Crippen LogP contribution is -2.41. The molecule has 5 rings (SSSR count). The molecule has 2 aromatic carbocycles. The van der Waals surface area contributed by atoms with E-state index in [-0.39, 0.29) is 11.5 Å². The summed E-state index contributed by atoms with van der Waals surface area (Å²) in [6.07, 6.45) is 0. The van der Waals surface area contributed by atoms with E-state index in [1.165, 1.54) is 0 Å². The van der Waals surface area contributed by atoms with Crippen LogP contribution >= 0.6 is 0 Å². The van der Waals surface area contributed by atoms with Crippen molar-refractivity contribution >= 4 is 32.0 Å². The third-order valence-corrected chi connectivity index (χ3v) is 7.17. The van der Waals surface area contributed by atoms with Crippen molar-refractivity contribution in [2.24, 2.45) is 0 Å². The summed E-state index contributed by atoms with van der Waals surface area (Å²) >= 11 is 0. The highest BCUT2D eigenvalue weighted by molar-refractivity contribution is 7.91. The van der Waals surface area contributed by atoms with E-state index in [4.69, 9.17) is 9.40 Å². The van der Waals surface area contributed by atoms with Gasteiger partial charge in [0.25, 0.3) is 0 Å². The first-order valence-corrected chi connectivity index (χ1v) is 11.6. The van der Waals surface area contributed by atoms with Crippen molar-refractivity contribution in [3.05, 3.63) is 48.3 Å². The Hall–Kier alpha value is -2.71. The van der Waals surface area contributed by atoms with E-state index >= 15 is 0 Å². The highest BCUT2D eigenvalue weighted by Gasteiger charge is 2.21. The van der Waals surface area contributed by atoms with Crippen LogP contribution in [0.15, 0.2) is 46.9 Å². The van der Waals surface area contributed by atoms with Gasteiger partial charge in [0.2, 0.25) is 5.89 Å². The molecule has 8 heteroatoms. The average molecular weight is 410 g/mol. The van der Waals surface area contributed by atoms with Crippen molar-refractivity contribution in [1.29, 1.82) is 0 Å². The zero-order valence-electron chi connectivity index (χ0n) is 16.2. The van der Waals surface area contributed by atoms with E-state index in [1.54, 1.807) is 0 Å². The Morgan fingerprint density at radius 1 is 1.00 bits per heavy atom. The monoisotopic (exact) mass is 410 g/mol. The Morgan fingerprint density at radius 3 is 2.59 bits per heavy atom. The lowest BCUT2D eigenvalue weighted by atomic mass is 10.2. The summed E-state index contributed by atoms with van der Waals surface area (Å²) in [4.78, 5) is 11.5. The minimum atomic E-state index is -2.85. The summed E-state index contributed by atoms with van der Waals surface area (Å²) in [7, 11) is -2.85. The van der Waals surface area contributed by atoms with Crippen LogP contribution in [0.25, 0.3) is 33.6 Å². The van der Waals surface area contributed by atoms with Gasteiger partial charge in [0.1, 0.15) is 11.3 Å². The molecule has 0 bridgehead atoms. The van der Waals surface area contributed by atoms with Crippen LogP contribution in [-0.4, -0.2) is 59.0 Å². The summed E-state index contributed by atoms with van der Waals surface area (Å²) in [5, 5.41) is 0. The van der Waals surface area contributed by atoms with E-state index in [1.807, 2.05) is 43.3 Å². The summed E-state index contributed by atoms with van der Waals surface area (Å²) in [5.74, 6) is 2.05. The van der Waals surface area contributed by atoms with Gasteiger partial charge >= 0.3 is 0 Å². The quantitative estimate of drug-likeness (QED) is 0.515. The van der Waals surface area contributed by atoms with Crippen molar-refractivity contribution in [2.75, 3.05) is 31.1 Å². The maximum atomic E-state index is 11.6. The van der Waals surface area contributed by atoms with Crippen molar-refractivity contribution in [2.45, 2.75) is 13.5 Å². The highest BCUT2D eigenvalue weighted by Crippen LogP contribution is 2.27. The van der Waals surface area contributed by atoms with Gasteiger partial charge in [-0.3, -0.25) is 4.90 Å². The maximum absolute atomic E-state index is 11.6. The number of fused-ring (bicyclic) bond motifs is 2. The molecule has 0 spiro atoms. The van der Waals surface area contributed by atoms with Crippen LogP contribution in [0, 0.1) is 6.92 Å². The lowest BCUT2D eigenvalue weighted by Gasteiger charge is -2.26. The lowest BCUT2D eigenvalue weighted by molar-refractivity contribution is 0.283. The van der Waals surface area contributed by atoms with Gasteiger partial charge in [-0.05, 0) is 37.3 Å². The molecule has 0 amide bonds. The molecular formula is C21H22N4O3S. The van der Waals surface area contributed by atoms with Gasteiger partial charge in [0.05, 0.1) is 22.5 Å². The smallest absolute Gasteiger partial charge is 0.227 e. The topological polar surface area (TPSA) is 81.2 Å². The number of sulfone groups is 1. The van der Waals surface area contributed by atoms with E-state index in [0.29, 0.717) is 19.0 Å². The Bertz CT molecular complexity index is 1260. The van der Waals surface area contributed by atoms with Gasteiger partial charge in [0, 0.05) is 31.7 Å². The minimum absolute atomic E-state index is 0.254. The maximum Gasteiger partial charge on any atom is 0.227 e. The van der Waals surface area contributed by atoms with Gasteiger partial charge in [0.15, 0.2) is 15.4 Å². The molecular weight excluding hydrogens is 388 g/mol. The molecule has 150 valence electrons. The summed E-state index contributed by atoms with van der Waals surface area (Å²) < 4.78 is 31.3. The van der Waals surface area contributed by atoms with Crippen LogP contribution in [0.1, 0.15) is 5.82 Å². The fourth-order valence-electron chi connectivity index (χ4n) is 3.88. The normalized spacial score (nSPS) is 17.3. The molecule has 0 unspecified atom stereocenters. The van der Waals surface area contributed by atoms with Gasteiger partial charge < -0.3 is 8.98 Å². The van der Waals surface area contributed by atoms with Crippen molar-refractivity contribution < 1.29 is 12.8 Å². The second-order valence-corrected chi connectivity index (χ2v) is 9.80. The van der Waals surface area contributed by atoms with Crippen LogP contribution in [0.4, 0.5) is 0 Å². The zero-order chi connectivity index (χ0) is 20.0. The Morgan fingerprint density at radius 2 is 1.79 bits per heavy atom. The molecule has 1 saturated heterocycles. The predicted molar refractivity (Wildman–Crippen MR) is 113 cm³/mol. The fourth-order valence-corrected chi connectivity index (χ4v) is 5.15. The predicted octanol–water partition coefficient (Wildman–Crippen LogP) is 2.88. The SMILES string of the molecule is Cc1nc2cc(-c3nc4ccccc4o3)ccc2n1CCN1CCS(=O)(=O)CC1. The first-order valence-electron chi connectivity index (χ1n) is 9.74. The molecule has 3 heterocycles. The number of para-hydroxylation sites is 2. The van der Waals surface area contributed by atoms with Crippen LogP contribution in [-0.2, 0) is 16.4 Å². The van der Waals surface area contributed by atoms with E-state index in [0.717, 1.165) is 46.6 Å². The Kier molecular flexibility index (Phi) is 4.40. The molecule has 0 atom stereocenters. The van der Waals surface area contributed by atoms with Crippen LogP contribution in [0.2, 0.25) is 0 Å². The fraction of sp³-hybridized carbons (Fsp3) is 0.333. The number of oxazole rings is 1. The van der Waals surface area contributed by atoms with Gasteiger partial charge in [-0.25, -0.2) is 18.4 Å². The van der Waals surface area contributed by atoms with Gasteiger partial charge in [-0.1, -0.05) is 12.1 Å². The molecule has 0 N–H and O–H groups in total. The summed E-state index contributed by atoms with van der Waals surface area (Å²) in [6, 6.07) is 13.8. The largest absolute Gasteiger partial charge is 0.436 e. The number of imidazole rings is 1. The molecule has 1 aliphatic rings. The molecule has 0 saturated carbocycles. The standard InChI is InChI=1S/C21H22N4O3S/c1-15-22-18-14-16(21-23-17-4-2-3-5-20(17)28-21)6-7-19(18)25(15)9-8-24-10-12-29(26,27)13-11-24/h2-7,14H,8-13H2,1H3. The third-order valence-electron chi connectivity index (χ3n) is 5.56. The number of rotatable bonds is 4. The van der Waals surface area contributed by atoms with E-state index in [2.05, 4.69) is 20.5 Å². The molecule has 1 fully saturated rings. The second kappa shape index (κ2) is 6.96. The number of aryl methyl sites for hydroxylation is 1. The second-order valence-electron chi connectivity index (χ2n) is 7.49. The number of nitrogens with zero attached hydrogens (tertiary/aromatic N) is 4. The Labute approximate surface area is 168 Å². The molecule has 4 aromatic rings. The van der Waals surface area contributed by atoms with E-state index in [9.17, 15) is 8.42 Å². The number of benzene rings is 2. The van der Waals surface area contributed by atoms with Gasteiger partial charge in [-0.15, -0.1) is 0 Å². The summed E-state index contributed by atoms with van der Waals surface area (Å²) in [5.41, 5.74) is 4.48. The first-order chi connectivity index (χ1) is 14.0. The molecule has 2 aromatic heterocycles. The minimum Gasteiger partial charge on any atom is -0.436 e. The zero-order valence-corrected chi connectivity index (χ0v) is 17.0. The molecule has 7 nitrogen and oxygen atoms in total.